The Bertz CT molecular complexity index is 720. The van der Waals surface area contributed by atoms with Crippen molar-refractivity contribution < 1.29 is 14.3 Å². The molecule has 0 aliphatic heterocycles. The lowest BCUT2D eigenvalue weighted by Gasteiger charge is -2.28. The third-order valence-corrected chi connectivity index (χ3v) is 6.74. The molecule has 1 aliphatic carbocycles. The summed E-state index contributed by atoms with van der Waals surface area (Å²) in [5.41, 5.74) is 0.534. The zero-order valence-corrected chi connectivity index (χ0v) is 20.9. The lowest BCUT2D eigenvalue weighted by Crippen LogP contribution is -2.25. The summed E-state index contributed by atoms with van der Waals surface area (Å²) in [6.07, 6.45) is 20.6. The average molecular weight is 457 g/mol. The maximum Gasteiger partial charge on any atom is 0.357 e. The monoisotopic (exact) mass is 456 g/mol. The van der Waals surface area contributed by atoms with E-state index in [-0.39, 0.29) is 11.8 Å². The molecular formula is C28H44N2O3. The lowest BCUT2D eigenvalue weighted by atomic mass is 9.84. The molecule has 184 valence electrons. The van der Waals surface area contributed by atoms with Crippen LogP contribution in [0.1, 0.15) is 133 Å². The number of hydrogen-bond donors (Lipinski definition) is 0. The van der Waals surface area contributed by atoms with E-state index >= 15 is 0 Å². The van der Waals surface area contributed by atoms with Crippen molar-refractivity contribution in [3.63, 3.8) is 0 Å². The summed E-state index contributed by atoms with van der Waals surface area (Å²) in [7, 11) is 0. The summed E-state index contributed by atoms with van der Waals surface area (Å²) in [6.45, 7) is 5.02. The standard InChI is InChI=1S/C28H44N2O3/c1-3-5-7-9-11-13-19-32-27-22-30-26(20-24(27)21-29)28(31)33-25-17-15-23(16-18-25)14-12-10-8-6-4-2/h20,22-23,25H,3-19H2,1-2H3. The molecule has 0 amide bonds. The van der Waals surface area contributed by atoms with Crippen LogP contribution >= 0.6 is 0 Å². The molecule has 0 unspecified atom stereocenters. The lowest BCUT2D eigenvalue weighted by molar-refractivity contribution is 0.0154. The highest BCUT2D eigenvalue weighted by Crippen LogP contribution is 2.30. The van der Waals surface area contributed by atoms with Gasteiger partial charge in [-0.15, -0.1) is 0 Å². The number of nitrogens with zero attached hydrogens (tertiary/aromatic N) is 2. The summed E-state index contributed by atoms with van der Waals surface area (Å²) >= 11 is 0. The highest BCUT2D eigenvalue weighted by Gasteiger charge is 2.25. The third kappa shape index (κ3) is 10.6. The molecule has 0 saturated heterocycles. The average Bonchev–Trinajstić information content (AvgIpc) is 2.84. The molecule has 0 spiro atoms. The van der Waals surface area contributed by atoms with Crippen LogP contribution in [0.5, 0.6) is 5.75 Å². The van der Waals surface area contributed by atoms with E-state index in [4.69, 9.17) is 9.47 Å². The van der Waals surface area contributed by atoms with Crippen molar-refractivity contribution in [3.8, 4) is 11.8 Å². The van der Waals surface area contributed by atoms with Gasteiger partial charge in [0.25, 0.3) is 0 Å². The van der Waals surface area contributed by atoms with Gasteiger partial charge in [0.1, 0.15) is 17.9 Å². The molecule has 0 aromatic carbocycles. The number of pyridine rings is 1. The second kappa shape index (κ2) is 16.5. The summed E-state index contributed by atoms with van der Waals surface area (Å²) in [5, 5.41) is 9.48. The maximum absolute atomic E-state index is 12.6. The molecule has 1 heterocycles. The second-order valence-electron chi connectivity index (χ2n) is 9.54. The van der Waals surface area contributed by atoms with Crippen LogP contribution in [0.3, 0.4) is 0 Å². The number of nitriles is 1. The van der Waals surface area contributed by atoms with E-state index in [1.165, 1.54) is 76.5 Å². The molecule has 5 heteroatoms. The van der Waals surface area contributed by atoms with Crippen molar-refractivity contribution in [1.29, 1.82) is 5.26 Å². The first-order chi connectivity index (χ1) is 16.2. The Kier molecular flexibility index (Phi) is 13.6. The number of aromatic nitrogens is 1. The van der Waals surface area contributed by atoms with E-state index in [0.717, 1.165) is 44.4 Å². The summed E-state index contributed by atoms with van der Waals surface area (Å²) in [4.78, 5) is 16.8. The van der Waals surface area contributed by atoms with Gasteiger partial charge in [0.05, 0.1) is 18.4 Å². The van der Waals surface area contributed by atoms with Crippen LogP contribution in [0.25, 0.3) is 0 Å². The first-order valence-corrected chi connectivity index (χ1v) is 13.4. The van der Waals surface area contributed by atoms with Crippen LogP contribution in [0.15, 0.2) is 12.3 Å². The van der Waals surface area contributed by atoms with Crippen molar-refractivity contribution in [2.24, 2.45) is 5.92 Å². The van der Waals surface area contributed by atoms with Crippen molar-refractivity contribution in [2.75, 3.05) is 6.61 Å². The molecule has 0 bridgehead atoms. The molecule has 1 aromatic heterocycles. The topological polar surface area (TPSA) is 72.2 Å². The van der Waals surface area contributed by atoms with E-state index in [1.807, 2.05) is 0 Å². The van der Waals surface area contributed by atoms with Gasteiger partial charge in [-0.25, -0.2) is 9.78 Å². The predicted octanol–water partition coefficient (Wildman–Crippen LogP) is 7.77. The smallest absolute Gasteiger partial charge is 0.357 e. The van der Waals surface area contributed by atoms with E-state index < -0.39 is 5.97 Å². The Hall–Kier alpha value is -2.09. The first-order valence-electron chi connectivity index (χ1n) is 13.4. The fourth-order valence-electron chi connectivity index (χ4n) is 4.61. The first kappa shape index (κ1) is 27.2. The number of ether oxygens (including phenoxy) is 2. The van der Waals surface area contributed by atoms with Crippen LogP contribution in [0.2, 0.25) is 0 Å². The predicted molar refractivity (Wildman–Crippen MR) is 132 cm³/mol. The molecule has 0 N–H and O–H groups in total. The Morgan fingerprint density at radius 3 is 2.27 bits per heavy atom. The minimum atomic E-state index is -0.433. The fraction of sp³-hybridized carbons (Fsp3) is 0.750. The molecule has 1 saturated carbocycles. The van der Waals surface area contributed by atoms with Gasteiger partial charge in [-0.1, -0.05) is 84.5 Å². The van der Waals surface area contributed by atoms with Gasteiger partial charge in [0.15, 0.2) is 5.75 Å². The Balaban J connectivity index is 1.71. The van der Waals surface area contributed by atoms with E-state index in [9.17, 15) is 10.1 Å². The maximum atomic E-state index is 12.6. The summed E-state index contributed by atoms with van der Waals surface area (Å²) in [5.74, 6) is 0.784. The normalized spacial score (nSPS) is 18.0. The van der Waals surface area contributed by atoms with Gasteiger partial charge in [0.2, 0.25) is 0 Å². The highest BCUT2D eigenvalue weighted by molar-refractivity contribution is 5.88. The molecule has 1 aromatic rings. The van der Waals surface area contributed by atoms with Crippen molar-refractivity contribution in [3.05, 3.63) is 23.5 Å². The quantitative estimate of drug-likeness (QED) is 0.188. The zero-order chi connectivity index (χ0) is 23.7. The van der Waals surface area contributed by atoms with Gasteiger partial charge in [-0.3, -0.25) is 0 Å². The van der Waals surface area contributed by atoms with Gasteiger partial charge in [0, 0.05) is 0 Å². The molecule has 0 atom stereocenters. The van der Waals surface area contributed by atoms with Crippen LogP contribution < -0.4 is 4.74 Å². The molecule has 1 fully saturated rings. The molecule has 1 aliphatic rings. The van der Waals surface area contributed by atoms with Gasteiger partial charge in [-0.2, -0.15) is 5.26 Å². The molecule has 2 rings (SSSR count). The molecule has 0 radical (unpaired) electrons. The van der Waals surface area contributed by atoms with Crippen LogP contribution in [-0.4, -0.2) is 23.7 Å². The van der Waals surface area contributed by atoms with E-state index in [0.29, 0.717) is 17.9 Å². The number of unbranched alkanes of at least 4 members (excludes halogenated alkanes) is 9. The number of hydrogen-bond acceptors (Lipinski definition) is 5. The Morgan fingerprint density at radius 2 is 1.61 bits per heavy atom. The molecule has 33 heavy (non-hydrogen) atoms. The highest BCUT2D eigenvalue weighted by atomic mass is 16.5. The summed E-state index contributed by atoms with van der Waals surface area (Å²) < 4.78 is 11.5. The van der Waals surface area contributed by atoms with Crippen molar-refractivity contribution in [1.82, 2.24) is 4.98 Å². The van der Waals surface area contributed by atoms with Crippen LogP contribution in [0.4, 0.5) is 0 Å². The zero-order valence-electron chi connectivity index (χ0n) is 20.9. The van der Waals surface area contributed by atoms with Crippen LogP contribution in [-0.2, 0) is 4.74 Å². The van der Waals surface area contributed by atoms with Gasteiger partial charge >= 0.3 is 5.97 Å². The SMILES string of the molecule is CCCCCCCCOc1cnc(C(=O)OC2CCC(CCCCCCC)CC2)cc1C#N. The minimum Gasteiger partial charge on any atom is -0.491 e. The fourth-order valence-corrected chi connectivity index (χ4v) is 4.61. The Labute approximate surface area is 201 Å². The van der Waals surface area contributed by atoms with Crippen LogP contribution in [0, 0.1) is 17.2 Å². The van der Waals surface area contributed by atoms with E-state index in [2.05, 4.69) is 24.9 Å². The minimum absolute atomic E-state index is 0.0372. The van der Waals surface area contributed by atoms with E-state index in [1.54, 1.807) is 0 Å². The van der Waals surface area contributed by atoms with Gasteiger partial charge < -0.3 is 9.47 Å². The number of carbonyl (C=O) groups excluding carboxylic acids is 1. The Morgan fingerprint density at radius 1 is 0.970 bits per heavy atom. The van der Waals surface area contributed by atoms with Crippen molar-refractivity contribution >= 4 is 5.97 Å². The number of esters is 1. The van der Waals surface area contributed by atoms with Crippen molar-refractivity contribution in [2.45, 2.75) is 123 Å². The number of carbonyl (C=O) groups is 1. The van der Waals surface area contributed by atoms with Gasteiger partial charge in [-0.05, 0) is 44.1 Å². The summed E-state index contributed by atoms with van der Waals surface area (Å²) in [6, 6.07) is 3.63. The second-order valence-corrected chi connectivity index (χ2v) is 9.54. The molecule has 5 nitrogen and oxygen atoms in total. The third-order valence-electron chi connectivity index (χ3n) is 6.74. The number of rotatable bonds is 16. The largest absolute Gasteiger partial charge is 0.491 e. The molecular weight excluding hydrogens is 412 g/mol.